The molecule has 24 heavy (non-hydrogen) atoms. The van der Waals surface area contributed by atoms with Crippen molar-refractivity contribution in [2.24, 2.45) is 5.92 Å². The van der Waals surface area contributed by atoms with E-state index in [1.165, 1.54) is 18.6 Å². The summed E-state index contributed by atoms with van der Waals surface area (Å²) < 4.78 is 13.7. The monoisotopic (exact) mass is 330 g/mol. The molecular weight excluding hydrogens is 307 g/mol. The van der Waals surface area contributed by atoms with E-state index >= 15 is 0 Å². The van der Waals surface area contributed by atoms with Crippen LogP contribution in [0.4, 0.5) is 4.39 Å². The molecule has 1 fully saturated rings. The third-order valence-electron chi connectivity index (χ3n) is 4.82. The molecule has 5 heteroatoms. The van der Waals surface area contributed by atoms with E-state index in [1.807, 2.05) is 0 Å². The molecule has 2 aromatic rings. The highest BCUT2D eigenvalue weighted by molar-refractivity contribution is 6.05. The largest absolute Gasteiger partial charge is 0.393 e. The lowest BCUT2D eigenvalue weighted by atomic mass is 9.83. The number of aliphatic hydroxyl groups excluding tert-OH is 1. The Hall–Kier alpha value is -2.01. The van der Waals surface area contributed by atoms with Crippen LogP contribution in [-0.2, 0) is 0 Å². The molecule has 1 aliphatic carbocycles. The number of carbonyl (C=O) groups excluding carboxylic acids is 1. The minimum absolute atomic E-state index is 0.203. The van der Waals surface area contributed by atoms with Gasteiger partial charge in [0.15, 0.2) is 0 Å². The maximum atomic E-state index is 13.7. The summed E-state index contributed by atoms with van der Waals surface area (Å²) in [5.74, 6) is -0.402. The minimum atomic E-state index is -0.439. The minimum Gasteiger partial charge on any atom is -0.393 e. The van der Waals surface area contributed by atoms with E-state index in [4.69, 9.17) is 0 Å². The van der Waals surface area contributed by atoms with Crippen LogP contribution in [0.15, 0.2) is 30.5 Å². The van der Waals surface area contributed by atoms with Gasteiger partial charge in [-0.25, -0.2) is 4.39 Å². The molecule has 4 nitrogen and oxygen atoms in total. The van der Waals surface area contributed by atoms with Gasteiger partial charge in [0, 0.05) is 18.1 Å². The average Bonchev–Trinajstić information content (AvgIpc) is 2.59. The summed E-state index contributed by atoms with van der Waals surface area (Å²) >= 11 is 0. The number of halogens is 1. The van der Waals surface area contributed by atoms with Crippen LogP contribution < -0.4 is 5.32 Å². The van der Waals surface area contributed by atoms with Crippen LogP contribution in [0, 0.1) is 11.7 Å². The van der Waals surface area contributed by atoms with Gasteiger partial charge < -0.3 is 10.4 Å². The van der Waals surface area contributed by atoms with E-state index in [-0.39, 0.29) is 17.6 Å². The van der Waals surface area contributed by atoms with Gasteiger partial charge in [0.25, 0.3) is 5.91 Å². The molecule has 2 unspecified atom stereocenters. The zero-order valence-electron chi connectivity index (χ0n) is 13.7. The van der Waals surface area contributed by atoms with Crippen molar-refractivity contribution < 1.29 is 14.3 Å². The molecule has 1 amide bonds. The van der Waals surface area contributed by atoms with Crippen molar-refractivity contribution in [3.63, 3.8) is 0 Å². The van der Waals surface area contributed by atoms with Crippen LogP contribution in [0.2, 0.25) is 0 Å². The highest BCUT2D eigenvalue weighted by atomic mass is 19.1. The van der Waals surface area contributed by atoms with E-state index < -0.39 is 5.82 Å². The number of benzene rings is 1. The van der Waals surface area contributed by atoms with Gasteiger partial charge in [-0.05, 0) is 49.8 Å². The van der Waals surface area contributed by atoms with Crippen molar-refractivity contribution in [3.8, 4) is 0 Å². The molecule has 2 N–H and O–H groups in total. The summed E-state index contributed by atoms with van der Waals surface area (Å²) in [5, 5.41) is 13.4. The number of hydrogen-bond donors (Lipinski definition) is 2. The molecule has 1 aromatic heterocycles. The van der Waals surface area contributed by atoms with Crippen LogP contribution in [-0.4, -0.2) is 28.6 Å². The quantitative estimate of drug-likeness (QED) is 0.826. The second-order valence-corrected chi connectivity index (χ2v) is 6.54. The summed E-state index contributed by atoms with van der Waals surface area (Å²) in [6.45, 7) is 0.521. The van der Waals surface area contributed by atoms with E-state index in [0.717, 1.165) is 32.1 Å². The van der Waals surface area contributed by atoms with Gasteiger partial charge in [0.1, 0.15) is 5.82 Å². The summed E-state index contributed by atoms with van der Waals surface area (Å²) in [6, 6.07) is 6.07. The topological polar surface area (TPSA) is 62.2 Å². The van der Waals surface area contributed by atoms with E-state index in [0.29, 0.717) is 23.4 Å². The number of nitrogens with zero attached hydrogens (tertiary/aromatic N) is 1. The molecule has 1 aromatic carbocycles. The van der Waals surface area contributed by atoms with Crippen molar-refractivity contribution in [2.75, 3.05) is 6.54 Å². The summed E-state index contributed by atoms with van der Waals surface area (Å²) in [7, 11) is 0. The van der Waals surface area contributed by atoms with Gasteiger partial charge in [-0.15, -0.1) is 0 Å². The first-order chi connectivity index (χ1) is 11.6. The second-order valence-electron chi connectivity index (χ2n) is 6.54. The zero-order valence-corrected chi connectivity index (χ0v) is 13.7. The van der Waals surface area contributed by atoms with Gasteiger partial charge in [0.05, 0.1) is 17.2 Å². The Labute approximate surface area is 141 Å². The molecule has 0 spiro atoms. The Morgan fingerprint density at radius 2 is 2.17 bits per heavy atom. The van der Waals surface area contributed by atoms with E-state index in [1.54, 1.807) is 18.3 Å². The maximum absolute atomic E-state index is 13.7. The molecule has 0 saturated heterocycles. The number of pyridine rings is 1. The number of nitrogens with one attached hydrogen (secondary N) is 1. The number of carbonyl (C=O) groups is 1. The molecule has 2 atom stereocenters. The van der Waals surface area contributed by atoms with Crippen LogP contribution >= 0.6 is 0 Å². The van der Waals surface area contributed by atoms with Gasteiger partial charge in [-0.3, -0.25) is 9.78 Å². The van der Waals surface area contributed by atoms with Crippen molar-refractivity contribution in [1.29, 1.82) is 0 Å². The second kappa shape index (κ2) is 7.71. The van der Waals surface area contributed by atoms with Gasteiger partial charge in [0.2, 0.25) is 0 Å². The number of hydrogen-bond acceptors (Lipinski definition) is 3. The zero-order chi connectivity index (χ0) is 16.9. The van der Waals surface area contributed by atoms with Crippen molar-refractivity contribution >= 4 is 16.8 Å². The van der Waals surface area contributed by atoms with Crippen LogP contribution in [0.25, 0.3) is 10.9 Å². The Morgan fingerprint density at radius 3 is 3.00 bits per heavy atom. The number of aromatic nitrogens is 1. The summed E-state index contributed by atoms with van der Waals surface area (Å²) in [6.07, 6.45) is 7.35. The van der Waals surface area contributed by atoms with Crippen LogP contribution in [0.1, 0.15) is 48.9 Å². The smallest absolute Gasteiger partial charge is 0.253 e. The Balaban J connectivity index is 1.57. The number of fused-ring (bicyclic) bond motifs is 1. The predicted molar refractivity (Wildman–Crippen MR) is 91.2 cm³/mol. The van der Waals surface area contributed by atoms with E-state index in [2.05, 4.69) is 10.3 Å². The molecule has 128 valence electrons. The van der Waals surface area contributed by atoms with Crippen molar-refractivity contribution in [3.05, 3.63) is 41.8 Å². The Morgan fingerprint density at radius 1 is 1.33 bits per heavy atom. The Bertz CT molecular complexity index is 720. The van der Waals surface area contributed by atoms with Crippen molar-refractivity contribution in [2.45, 2.75) is 44.6 Å². The lowest BCUT2D eigenvalue weighted by Crippen LogP contribution is -2.28. The predicted octanol–water partition coefficient (Wildman–Crippen LogP) is 3.44. The SMILES string of the molecule is O=C(NCCCC1CCCCC1O)c1cc(F)cc2cccnc12. The average molecular weight is 330 g/mol. The fourth-order valence-electron chi connectivity index (χ4n) is 3.52. The first kappa shape index (κ1) is 16.8. The third kappa shape index (κ3) is 3.90. The molecule has 1 aliphatic rings. The van der Waals surface area contributed by atoms with E-state index in [9.17, 15) is 14.3 Å². The number of amides is 1. The maximum Gasteiger partial charge on any atom is 0.253 e. The molecule has 1 saturated carbocycles. The molecule has 0 radical (unpaired) electrons. The Kier molecular flexibility index (Phi) is 5.41. The molecule has 1 heterocycles. The first-order valence-electron chi connectivity index (χ1n) is 8.65. The molecular formula is C19H23FN2O2. The third-order valence-corrected chi connectivity index (χ3v) is 4.82. The highest BCUT2D eigenvalue weighted by Crippen LogP contribution is 2.27. The van der Waals surface area contributed by atoms with Gasteiger partial charge >= 0.3 is 0 Å². The normalized spacial score (nSPS) is 20.9. The van der Waals surface area contributed by atoms with Gasteiger partial charge in [-0.2, -0.15) is 0 Å². The molecule has 0 aliphatic heterocycles. The van der Waals surface area contributed by atoms with Crippen molar-refractivity contribution in [1.82, 2.24) is 10.3 Å². The lowest BCUT2D eigenvalue weighted by Gasteiger charge is -2.27. The standard InChI is InChI=1S/C19H23FN2O2/c20-15-11-14-7-4-9-21-18(14)16(12-15)19(24)22-10-3-6-13-5-1-2-8-17(13)23/h4,7,9,11-13,17,23H,1-3,5-6,8,10H2,(H,22,24). The highest BCUT2D eigenvalue weighted by Gasteiger charge is 2.22. The lowest BCUT2D eigenvalue weighted by molar-refractivity contribution is 0.0641. The van der Waals surface area contributed by atoms with Crippen LogP contribution in [0.3, 0.4) is 0 Å². The molecule has 0 bridgehead atoms. The summed E-state index contributed by atoms with van der Waals surface area (Å²) in [5.41, 5.74) is 0.780. The first-order valence-corrected chi connectivity index (χ1v) is 8.65. The summed E-state index contributed by atoms with van der Waals surface area (Å²) in [4.78, 5) is 16.6. The van der Waals surface area contributed by atoms with Crippen LogP contribution in [0.5, 0.6) is 0 Å². The number of aliphatic hydroxyl groups is 1. The molecule has 3 rings (SSSR count). The number of rotatable bonds is 5. The van der Waals surface area contributed by atoms with Gasteiger partial charge in [-0.1, -0.05) is 18.9 Å². The fourth-order valence-corrected chi connectivity index (χ4v) is 3.52. The fraction of sp³-hybridized carbons (Fsp3) is 0.474.